The van der Waals surface area contributed by atoms with Gasteiger partial charge in [0.2, 0.25) is 5.91 Å². The number of hydrogen-bond donors (Lipinski definition) is 1. The lowest BCUT2D eigenvalue weighted by Crippen LogP contribution is -2.45. The highest BCUT2D eigenvalue weighted by Crippen LogP contribution is 2.18. The van der Waals surface area contributed by atoms with Crippen LogP contribution in [-0.4, -0.2) is 23.4 Å². The number of hydrogen-bond acceptors (Lipinski definition) is 2. The second kappa shape index (κ2) is 4.66. The normalized spacial score (nSPS) is 16.8. The molecular weight excluding hydrogens is 200 g/mol. The fourth-order valence-corrected chi connectivity index (χ4v) is 2.09. The van der Waals surface area contributed by atoms with Crippen molar-refractivity contribution in [1.29, 1.82) is 0 Å². The van der Waals surface area contributed by atoms with Crippen LogP contribution in [0.3, 0.4) is 0 Å². The van der Waals surface area contributed by atoms with Crippen LogP contribution < -0.4 is 5.73 Å². The van der Waals surface area contributed by atoms with Crippen LogP contribution in [0.15, 0.2) is 24.3 Å². The predicted octanol–water partition coefficient (Wildman–Crippen LogP) is 1.31. The molecule has 1 aliphatic heterocycles. The smallest absolute Gasteiger partial charge is 0.239 e. The number of benzene rings is 1. The molecule has 16 heavy (non-hydrogen) atoms. The summed E-state index contributed by atoms with van der Waals surface area (Å²) in [4.78, 5) is 13.8. The van der Waals surface area contributed by atoms with E-state index in [1.165, 1.54) is 11.1 Å². The van der Waals surface area contributed by atoms with Crippen LogP contribution in [0.1, 0.15) is 24.5 Å². The molecule has 1 unspecified atom stereocenters. The molecule has 0 saturated carbocycles. The maximum Gasteiger partial charge on any atom is 0.239 e. The minimum Gasteiger partial charge on any atom is -0.337 e. The zero-order valence-corrected chi connectivity index (χ0v) is 9.65. The highest BCUT2D eigenvalue weighted by atomic mass is 16.2. The molecule has 1 aliphatic rings. The van der Waals surface area contributed by atoms with E-state index in [1.54, 1.807) is 0 Å². The SMILES string of the molecule is CCC(N)C(=O)N1CCc2ccccc2C1. The Morgan fingerprint density at radius 2 is 2.12 bits per heavy atom. The summed E-state index contributed by atoms with van der Waals surface area (Å²) >= 11 is 0. The lowest BCUT2D eigenvalue weighted by Gasteiger charge is -2.30. The molecule has 1 atom stereocenters. The standard InChI is InChI=1S/C13H18N2O/c1-2-12(14)13(16)15-8-7-10-5-3-4-6-11(10)9-15/h3-6,12H,2,7-9,14H2,1H3. The van der Waals surface area contributed by atoms with Gasteiger partial charge in [0.1, 0.15) is 0 Å². The van der Waals surface area contributed by atoms with Crippen molar-refractivity contribution in [3.63, 3.8) is 0 Å². The molecule has 1 amide bonds. The summed E-state index contributed by atoms with van der Waals surface area (Å²) < 4.78 is 0. The summed E-state index contributed by atoms with van der Waals surface area (Å²) in [6.07, 6.45) is 1.65. The largest absolute Gasteiger partial charge is 0.337 e. The molecule has 1 aromatic carbocycles. The number of rotatable bonds is 2. The van der Waals surface area contributed by atoms with E-state index in [0.717, 1.165) is 13.0 Å². The van der Waals surface area contributed by atoms with Crippen LogP contribution >= 0.6 is 0 Å². The summed E-state index contributed by atoms with van der Waals surface area (Å²) in [6, 6.07) is 7.95. The van der Waals surface area contributed by atoms with Gasteiger partial charge in [0, 0.05) is 13.1 Å². The molecule has 0 bridgehead atoms. The Morgan fingerprint density at radius 1 is 1.44 bits per heavy atom. The van der Waals surface area contributed by atoms with Gasteiger partial charge in [-0.05, 0) is 24.0 Å². The van der Waals surface area contributed by atoms with Crippen LogP contribution in [0.5, 0.6) is 0 Å². The van der Waals surface area contributed by atoms with E-state index in [-0.39, 0.29) is 11.9 Å². The van der Waals surface area contributed by atoms with E-state index < -0.39 is 0 Å². The first-order valence-electron chi connectivity index (χ1n) is 5.83. The van der Waals surface area contributed by atoms with Gasteiger partial charge in [-0.1, -0.05) is 31.2 Å². The number of carbonyl (C=O) groups excluding carboxylic acids is 1. The van der Waals surface area contributed by atoms with Gasteiger partial charge in [0.05, 0.1) is 6.04 Å². The number of nitrogens with zero attached hydrogens (tertiary/aromatic N) is 1. The van der Waals surface area contributed by atoms with E-state index >= 15 is 0 Å². The van der Waals surface area contributed by atoms with Crippen LogP contribution in [0.2, 0.25) is 0 Å². The molecular formula is C13H18N2O. The van der Waals surface area contributed by atoms with Gasteiger partial charge in [0.25, 0.3) is 0 Å². The lowest BCUT2D eigenvalue weighted by atomic mass is 9.99. The fraction of sp³-hybridized carbons (Fsp3) is 0.462. The molecule has 0 aliphatic carbocycles. The van der Waals surface area contributed by atoms with E-state index in [2.05, 4.69) is 12.1 Å². The molecule has 1 heterocycles. The van der Waals surface area contributed by atoms with Crippen molar-refractivity contribution >= 4 is 5.91 Å². The molecule has 0 spiro atoms. The molecule has 0 saturated heterocycles. The summed E-state index contributed by atoms with van der Waals surface area (Å²) in [7, 11) is 0. The summed E-state index contributed by atoms with van der Waals surface area (Å²) in [5.74, 6) is 0.0806. The molecule has 2 N–H and O–H groups in total. The van der Waals surface area contributed by atoms with Crippen molar-refractivity contribution in [2.45, 2.75) is 32.4 Å². The number of carbonyl (C=O) groups is 1. The number of amides is 1. The Bertz CT molecular complexity index is 389. The average Bonchev–Trinajstić information content (AvgIpc) is 2.36. The van der Waals surface area contributed by atoms with Crippen LogP contribution in [0.4, 0.5) is 0 Å². The maximum absolute atomic E-state index is 11.9. The molecule has 0 fully saturated rings. The van der Waals surface area contributed by atoms with Crippen LogP contribution in [0.25, 0.3) is 0 Å². The number of nitrogens with two attached hydrogens (primary N) is 1. The molecule has 3 heteroatoms. The third-order valence-corrected chi connectivity index (χ3v) is 3.20. The van der Waals surface area contributed by atoms with E-state index in [9.17, 15) is 4.79 Å². The second-order valence-electron chi connectivity index (χ2n) is 4.29. The first-order valence-corrected chi connectivity index (χ1v) is 5.83. The van der Waals surface area contributed by atoms with Crippen molar-refractivity contribution in [3.05, 3.63) is 35.4 Å². The Balaban J connectivity index is 2.11. The highest BCUT2D eigenvalue weighted by Gasteiger charge is 2.23. The highest BCUT2D eigenvalue weighted by molar-refractivity contribution is 5.81. The summed E-state index contributed by atoms with van der Waals surface area (Å²) in [5.41, 5.74) is 8.39. The average molecular weight is 218 g/mol. The fourth-order valence-electron chi connectivity index (χ4n) is 2.09. The van der Waals surface area contributed by atoms with E-state index in [4.69, 9.17) is 5.73 Å². The van der Waals surface area contributed by atoms with E-state index in [1.807, 2.05) is 24.0 Å². The van der Waals surface area contributed by atoms with Crippen molar-refractivity contribution in [2.24, 2.45) is 5.73 Å². The van der Waals surface area contributed by atoms with Gasteiger partial charge in [-0.15, -0.1) is 0 Å². The van der Waals surface area contributed by atoms with Gasteiger partial charge < -0.3 is 10.6 Å². The van der Waals surface area contributed by atoms with Gasteiger partial charge in [-0.2, -0.15) is 0 Å². The first kappa shape index (κ1) is 11.1. The van der Waals surface area contributed by atoms with Crippen molar-refractivity contribution in [2.75, 3.05) is 6.54 Å². The zero-order chi connectivity index (χ0) is 11.5. The maximum atomic E-state index is 11.9. The third kappa shape index (κ3) is 2.09. The van der Waals surface area contributed by atoms with Crippen LogP contribution in [-0.2, 0) is 17.8 Å². The first-order chi connectivity index (χ1) is 7.72. The third-order valence-electron chi connectivity index (χ3n) is 3.20. The molecule has 0 aromatic heterocycles. The van der Waals surface area contributed by atoms with Crippen molar-refractivity contribution in [3.8, 4) is 0 Å². The summed E-state index contributed by atoms with van der Waals surface area (Å²) in [5, 5.41) is 0. The Labute approximate surface area is 96.2 Å². The molecule has 3 nitrogen and oxygen atoms in total. The molecule has 0 radical (unpaired) electrons. The Kier molecular flexibility index (Phi) is 3.25. The summed E-state index contributed by atoms with van der Waals surface area (Å²) in [6.45, 7) is 3.45. The molecule has 86 valence electrons. The zero-order valence-electron chi connectivity index (χ0n) is 9.65. The lowest BCUT2D eigenvalue weighted by molar-refractivity contribution is -0.133. The second-order valence-corrected chi connectivity index (χ2v) is 4.29. The van der Waals surface area contributed by atoms with Crippen LogP contribution in [0, 0.1) is 0 Å². The van der Waals surface area contributed by atoms with Crippen molar-refractivity contribution < 1.29 is 4.79 Å². The van der Waals surface area contributed by atoms with Gasteiger partial charge in [-0.3, -0.25) is 4.79 Å². The Hall–Kier alpha value is -1.35. The quantitative estimate of drug-likeness (QED) is 0.813. The van der Waals surface area contributed by atoms with E-state index in [0.29, 0.717) is 13.0 Å². The molecule has 1 aromatic rings. The minimum atomic E-state index is -0.342. The minimum absolute atomic E-state index is 0.0806. The Morgan fingerprint density at radius 3 is 2.81 bits per heavy atom. The van der Waals surface area contributed by atoms with Gasteiger partial charge in [0.15, 0.2) is 0 Å². The monoisotopic (exact) mass is 218 g/mol. The number of fused-ring (bicyclic) bond motifs is 1. The van der Waals surface area contributed by atoms with Gasteiger partial charge >= 0.3 is 0 Å². The predicted molar refractivity (Wildman–Crippen MR) is 63.8 cm³/mol. The van der Waals surface area contributed by atoms with Crippen molar-refractivity contribution in [1.82, 2.24) is 4.90 Å². The molecule has 2 rings (SSSR count). The topological polar surface area (TPSA) is 46.3 Å². The van der Waals surface area contributed by atoms with Gasteiger partial charge in [-0.25, -0.2) is 0 Å².